The van der Waals surface area contributed by atoms with Crippen molar-refractivity contribution in [2.45, 2.75) is 0 Å². The summed E-state index contributed by atoms with van der Waals surface area (Å²) < 4.78 is 10.7. The van der Waals surface area contributed by atoms with Gasteiger partial charge in [0, 0.05) is 19.2 Å². The Bertz CT molecular complexity index is 478. The lowest BCUT2D eigenvalue weighted by Gasteiger charge is -2.30. The molecule has 1 aromatic carbocycles. The van der Waals surface area contributed by atoms with Crippen LogP contribution in [0.4, 0.5) is 5.69 Å². The van der Waals surface area contributed by atoms with E-state index in [4.69, 9.17) is 14.6 Å². The lowest BCUT2D eigenvalue weighted by atomic mass is 10.1. The molecule has 1 aliphatic heterocycles. The van der Waals surface area contributed by atoms with Crippen molar-refractivity contribution < 1.29 is 19.4 Å². The van der Waals surface area contributed by atoms with E-state index in [-0.39, 0.29) is 0 Å². The summed E-state index contributed by atoms with van der Waals surface area (Å²) in [5.41, 5.74) is 1.81. The molecule has 2 rings (SSSR count). The average molecular weight is 263 g/mol. The van der Waals surface area contributed by atoms with Gasteiger partial charge in [0.25, 0.3) is 0 Å². The molecule has 1 aromatic rings. The second kappa shape index (κ2) is 6.24. The van der Waals surface area contributed by atoms with Crippen LogP contribution in [0.1, 0.15) is 5.56 Å². The molecule has 1 heterocycles. The van der Waals surface area contributed by atoms with Crippen LogP contribution in [0.25, 0.3) is 6.08 Å². The zero-order valence-electron chi connectivity index (χ0n) is 10.8. The molecule has 1 aliphatic rings. The van der Waals surface area contributed by atoms with E-state index in [2.05, 4.69) is 4.90 Å². The van der Waals surface area contributed by atoms with E-state index < -0.39 is 5.97 Å². The topological polar surface area (TPSA) is 59.0 Å². The first-order chi connectivity index (χ1) is 9.20. The normalized spacial score (nSPS) is 15.7. The van der Waals surface area contributed by atoms with E-state index in [0.29, 0.717) is 13.2 Å². The maximum Gasteiger partial charge on any atom is 0.328 e. The molecule has 1 fully saturated rings. The molecule has 0 spiro atoms. The molecule has 5 heteroatoms. The molecule has 0 unspecified atom stereocenters. The van der Waals surface area contributed by atoms with Crippen LogP contribution in [0.5, 0.6) is 5.75 Å². The van der Waals surface area contributed by atoms with Gasteiger partial charge in [0.05, 0.1) is 26.0 Å². The summed E-state index contributed by atoms with van der Waals surface area (Å²) in [6.07, 6.45) is 2.70. The van der Waals surface area contributed by atoms with E-state index in [9.17, 15) is 4.79 Å². The van der Waals surface area contributed by atoms with E-state index in [1.807, 2.05) is 18.2 Å². The minimum absolute atomic E-state index is 0.693. The first-order valence-corrected chi connectivity index (χ1v) is 6.12. The number of carboxylic acids is 1. The molecular formula is C14H17NO4. The molecular weight excluding hydrogens is 246 g/mol. The zero-order valence-corrected chi connectivity index (χ0v) is 10.8. The van der Waals surface area contributed by atoms with Crippen molar-refractivity contribution >= 4 is 17.7 Å². The Morgan fingerprint density at radius 1 is 1.42 bits per heavy atom. The fourth-order valence-electron chi connectivity index (χ4n) is 2.03. The molecule has 0 aromatic heterocycles. The second-order valence-electron chi connectivity index (χ2n) is 4.20. The van der Waals surface area contributed by atoms with Crippen LogP contribution in [0.15, 0.2) is 24.3 Å². The number of carbonyl (C=O) groups is 1. The molecule has 0 radical (unpaired) electrons. The van der Waals surface area contributed by atoms with Gasteiger partial charge in [-0.1, -0.05) is 6.07 Å². The third-order valence-corrected chi connectivity index (χ3v) is 2.97. The summed E-state index contributed by atoms with van der Waals surface area (Å²) in [5.74, 6) is -0.168. The predicted molar refractivity (Wildman–Crippen MR) is 72.7 cm³/mol. The molecule has 0 atom stereocenters. The molecule has 102 valence electrons. The van der Waals surface area contributed by atoms with E-state index >= 15 is 0 Å². The predicted octanol–water partition coefficient (Wildman–Crippen LogP) is 1.63. The molecule has 5 nitrogen and oxygen atoms in total. The standard InChI is InChI=1S/C14H17NO4/c1-18-13-4-2-11(3-5-14(16)17)10-12(13)15-6-8-19-9-7-15/h2-5,10H,6-9H2,1H3,(H,16,17)/b5-3+. The van der Waals surface area contributed by atoms with Gasteiger partial charge < -0.3 is 19.5 Å². The first-order valence-electron chi connectivity index (χ1n) is 6.12. The lowest BCUT2D eigenvalue weighted by Crippen LogP contribution is -2.36. The summed E-state index contributed by atoms with van der Waals surface area (Å²) in [6.45, 7) is 3.00. The van der Waals surface area contributed by atoms with Gasteiger partial charge in [-0.05, 0) is 23.8 Å². The third kappa shape index (κ3) is 3.48. The second-order valence-corrected chi connectivity index (χ2v) is 4.20. The number of methoxy groups -OCH3 is 1. The molecule has 1 N–H and O–H groups in total. The highest BCUT2D eigenvalue weighted by molar-refractivity contribution is 5.85. The van der Waals surface area contributed by atoms with Gasteiger partial charge in [-0.3, -0.25) is 0 Å². The number of nitrogens with zero attached hydrogens (tertiary/aromatic N) is 1. The number of hydrogen-bond acceptors (Lipinski definition) is 4. The fraction of sp³-hybridized carbons (Fsp3) is 0.357. The quantitative estimate of drug-likeness (QED) is 0.837. The maximum absolute atomic E-state index is 10.5. The van der Waals surface area contributed by atoms with Crippen LogP contribution < -0.4 is 9.64 Å². The van der Waals surface area contributed by atoms with Crippen molar-refractivity contribution in [1.82, 2.24) is 0 Å². The summed E-state index contributed by atoms with van der Waals surface area (Å²) in [6, 6.07) is 5.62. The Kier molecular flexibility index (Phi) is 4.41. The molecule has 1 saturated heterocycles. The van der Waals surface area contributed by atoms with Gasteiger partial charge in [0.1, 0.15) is 5.75 Å². The van der Waals surface area contributed by atoms with Crippen molar-refractivity contribution in [2.24, 2.45) is 0 Å². The number of rotatable bonds is 4. The van der Waals surface area contributed by atoms with Crippen molar-refractivity contribution in [2.75, 3.05) is 38.3 Å². The van der Waals surface area contributed by atoms with Crippen LogP contribution >= 0.6 is 0 Å². The van der Waals surface area contributed by atoms with E-state index in [0.717, 1.165) is 36.2 Å². The molecule has 0 bridgehead atoms. The van der Waals surface area contributed by atoms with Gasteiger partial charge in [-0.15, -0.1) is 0 Å². The lowest BCUT2D eigenvalue weighted by molar-refractivity contribution is -0.131. The highest BCUT2D eigenvalue weighted by atomic mass is 16.5. The van der Waals surface area contributed by atoms with Crippen LogP contribution in [0, 0.1) is 0 Å². The molecule has 0 amide bonds. The maximum atomic E-state index is 10.5. The van der Waals surface area contributed by atoms with Crippen molar-refractivity contribution in [3.05, 3.63) is 29.8 Å². The van der Waals surface area contributed by atoms with Gasteiger partial charge in [-0.2, -0.15) is 0 Å². The van der Waals surface area contributed by atoms with Crippen molar-refractivity contribution in [3.63, 3.8) is 0 Å². The van der Waals surface area contributed by atoms with E-state index in [1.54, 1.807) is 13.2 Å². The van der Waals surface area contributed by atoms with E-state index in [1.165, 1.54) is 0 Å². The van der Waals surface area contributed by atoms with Crippen LogP contribution in [0.2, 0.25) is 0 Å². The number of anilines is 1. The minimum atomic E-state index is -0.955. The van der Waals surface area contributed by atoms with Crippen molar-refractivity contribution in [3.8, 4) is 5.75 Å². The SMILES string of the molecule is COc1ccc(/C=C/C(=O)O)cc1N1CCOCC1. The minimum Gasteiger partial charge on any atom is -0.495 e. The van der Waals surface area contributed by atoms with Gasteiger partial charge in [0.2, 0.25) is 0 Å². The Morgan fingerprint density at radius 3 is 2.79 bits per heavy atom. The Balaban J connectivity index is 2.27. The molecule has 0 saturated carbocycles. The average Bonchev–Trinajstić information content (AvgIpc) is 2.45. The number of morpholine rings is 1. The Labute approximate surface area is 112 Å². The molecule has 0 aliphatic carbocycles. The van der Waals surface area contributed by atoms with Gasteiger partial charge in [-0.25, -0.2) is 4.79 Å². The van der Waals surface area contributed by atoms with Gasteiger partial charge in [0.15, 0.2) is 0 Å². The number of aliphatic carboxylic acids is 1. The summed E-state index contributed by atoms with van der Waals surface area (Å²) in [7, 11) is 1.63. The van der Waals surface area contributed by atoms with Crippen LogP contribution in [0.3, 0.4) is 0 Å². The third-order valence-electron chi connectivity index (χ3n) is 2.97. The zero-order chi connectivity index (χ0) is 13.7. The monoisotopic (exact) mass is 263 g/mol. The fourth-order valence-corrected chi connectivity index (χ4v) is 2.03. The number of carboxylic acid groups (broad SMARTS) is 1. The number of hydrogen-bond donors (Lipinski definition) is 1. The summed E-state index contributed by atoms with van der Waals surface area (Å²) in [5, 5.41) is 8.66. The largest absolute Gasteiger partial charge is 0.495 e. The highest BCUT2D eigenvalue weighted by Crippen LogP contribution is 2.30. The van der Waals surface area contributed by atoms with Crippen LogP contribution in [-0.4, -0.2) is 44.5 Å². The summed E-state index contributed by atoms with van der Waals surface area (Å²) in [4.78, 5) is 12.7. The van der Waals surface area contributed by atoms with Gasteiger partial charge >= 0.3 is 5.97 Å². The van der Waals surface area contributed by atoms with Crippen LogP contribution in [-0.2, 0) is 9.53 Å². The van der Waals surface area contributed by atoms with Crippen molar-refractivity contribution in [1.29, 1.82) is 0 Å². The smallest absolute Gasteiger partial charge is 0.328 e. The highest BCUT2D eigenvalue weighted by Gasteiger charge is 2.15. The number of ether oxygens (including phenoxy) is 2. The number of benzene rings is 1. The summed E-state index contributed by atoms with van der Waals surface area (Å²) >= 11 is 0. The first kappa shape index (κ1) is 13.4. The Morgan fingerprint density at radius 2 is 2.16 bits per heavy atom. The Hall–Kier alpha value is -2.01. The molecule has 19 heavy (non-hydrogen) atoms.